The van der Waals surface area contributed by atoms with Gasteiger partial charge in [0.05, 0.1) is 14.9 Å². The molecule has 8 rings (SSSR count). The minimum atomic E-state index is 0.466. The van der Waals surface area contributed by atoms with E-state index in [1.165, 1.54) is 24.0 Å². The van der Waals surface area contributed by atoms with Crippen LogP contribution in [0, 0.1) is 0 Å². The lowest BCUT2D eigenvalue weighted by atomic mass is 10.2. The van der Waals surface area contributed by atoms with Crippen LogP contribution in [0.15, 0.2) is 107 Å². The van der Waals surface area contributed by atoms with Gasteiger partial charge in [-0.15, -0.1) is 22.7 Å². The van der Waals surface area contributed by atoms with E-state index < -0.39 is 0 Å². The zero-order valence-electron chi connectivity index (χ0n) is 19.9. The number of benzene rings is 2. The second-order valence-corrected chi connectivity index (χ2v) is 12.5. The van der Waals surface area contributed by atoms with Crippen LogP contribution in [-0.2, 0) is 0 Å². The number of imidazole rings is 2. The quantitative estimate of drug-likeness (QED) is 0.177. The van der Waals surface area contributed by atoms with Crippen LogP contribution in [0.5, 0.6) is 0 Å². The first-order valence-electron chi connectivity index (χ1n) is 11.6. The van der Waals surface area contributed by atoms with Crippen LogP contribution in [-0.4, -0.2) is 29.2 Å². The average Bonchev–Trinajstić information content (AvgIpc) is 3.72. The van der Waals surface area contributed by atoms with Gasteiger partial charge in [-0.2, -0.15) is 10.2 Å². The van der Waals surface area contributed by atoms with Gasteiger partial charge < -0.3 is 0 Å². The summed E-state index contributed by atoms with van der Waals surface area (Å²) in [5, 5.41) is 11.8. The van der Waals surface area contributed by atoms with E-state index in [0.717, 1.165) is 21.9 Å². The van der Waals surface area contributed by atoms with Gasteiger partial charge in [0.2, 0.25) is 0 Å². The predicted octanol–water partition coefficient (Wildman–Crippen LogP) is 9.31. The minimum Gasteiger partial charge on any atom is -0.236 e. The van der Waals surface area contributed by atoms with Gasteiger partial charge in [-0.05, 0) is 75.2 Å². The lowest BCUT2D eigenvalue weighted by Crippen LogP contribution is -1.92. The smallest absolute Gasteiger partial charge is 0.154 e. The van der Waals surface area contributed by atoms with E-state index in [0.29, 0.717) is 10.3 Å². The van der Waals surface area contributed by atoms with E-state index in [4.69, 9.17) is 23.2 Å². The Balaban J connectivity index is 0.000000117. The highest BCUT2D eigenvalue weighted by Gasteiger charge is 2.10. The molecule has 0 radical (unpaired) electrons. The highest BCUT2D eigenvalue weighted by molar-refractivity contribution is 9.11. The van der Waals surface area contributed by atoms with Gasteiger partial charge in [-0.25, -0.2) is 19.0 Å². The number of nitrogens with zero attached hydrogens (tertiary/aromatic N) is 6. The summed E-state index contributed by atoms with van der Waals surface area (Å²) in [6.07, 6.45) is 5.27. The molecule has 0 spiro atoms. The van der Waals surface area contributed by atoms with Crippen LogP contribution in [0.4, 0.5) is 0 Å². The fraction of sp³-hybridized carbons (Fsp3) is 0. The van der Waals surface area contributed by atoms with Crippen molar-refractivity contribution in [1.82, 2.24) is 29.2 Å². The van der Waals surface area contributed by atoms with E-state index >= 15 is 0 Å². The highest BCUT2D eigenvalue weighted by Crippen LogP contribution is 2.33. The van der Waals surface area contributed by atoms with Crippen molar-refractivity contribution in [2.24, 2.45) is 0 Å². The molecule has 11 heteroatoms. The Labute approximate surface area is 249 Å². The summed E-state index contributed by atoms with van der Waals surface area (Å²) in [6.45, 7) is 0. The molecule has 39 heavy (non-hydrogen) atoms. The fourth-order valence-electron chi connectivity index (χ4n) is 3.87. The fourth-order valence-corrected chi connectivity index (χ4v) is 6.77. The van der Waals surface area contributed by atoms with Crippen LogP contribution in [0.2, 0.25) is 10.3 Å². The molecular weight excluding hydrogens is 635 g/mol. The molecule has 192 valence electrons. The molecule has 0 saturated heterocycles. The maximum absolute atomic E-state index is 5.96. The Kier molecular flexibility index (Phi) is 7.58. The van der Waals surface area contributed by atoms with Crippen molar-refractivity contribution in [3.05, 3.63) is 118 Å². The monoisotopic (exact) mass is 650 g/mol. The molecule has 0 bridgehead atoms. The van der Waals surface area contributed by atoms with Crippen LogP contribution in [0.25, 0.3) is 42.0 Å². The molecule has 0 aliphatic heterocycles. The molecule has 6 nitrogen and oxygen atoms in total. The van der Waals surface area contributed by atoms with Crippen molar-refractivity contribution in [1.29, 1.82) is 0 Å². The highest BCUT2D eigenvalue weighted by atomic mass is 79.9. The van der Waals surface area contributed by atoms with Gasteiger partial charge in [-0.1, -0.05) is 59.6 Å². The van der Waals surface area contributed by atoms with E-state index in [1.807, 2.05) is 30.5 Å². The third-order valence-corrected chi connectivity index (χ3v) is 8.79. The Morgan fingerprint density at radius 1 is 0.692 bits per heavy atom. The molecular formula is C28H17BrCl2N6S2. The molecule has 0 fully saturated rings. The number of hydrogen-bond donors (Lipinski definition) is 0. The number of hydrogen-bond acceptors (Lipinski definition) is 6. The summed E-state index contributed by atoms with van der Waals surface area (Å²) in [5.74, 6) is 0. The van der Waals surface area contributed by atoms with E-state index in [2.05, 4.69) is 84.6 Å². The van der Waals surface area contributed by atoms with E-state index in [-0.39, 0.29) is 0 Å². The van der Waals surface area contributed by atoms with Crippen molar-refractivity contribution in [2.45, 2.75) is 0 Å². The standard InChI is InChI=1S/C14H8ClN3S.C8H5BrS.C6H4ClN3/c15-13-5-6-14-16-8-10(18(14)17-13)12-7-9-3-1-2-4-11(9)19-12;9-8-5-6-3-1-2-4-7(6)10-8;7-5-1-2-6-8-3-4-10(6)9-5/h1-8H;1-5H;1-4H. The van der Waals surface area contributed by atoms with Gasteiger partial charge in [0.15, 0.2) is 11.3 Å². The third kappa shape index (κ3) is 5.83. The van der Waals surface area contributed by atoms with Gasteiger partial charge in [0.25, 0.3) is 0 Å². The van der Waals surface area contributed by atoms with Crippen LogP contribution >= 0.6 is 61.8 Å². The molecule has 6 heterocycles. The summed E-state index contributed by atoms with van der Waals surface area (Å²) >= 11 is 18.5. The summed E-state index contributed by atoms with van der Waals surface area (Å²) in [5.41, 5.74) is 2.58. The van der Waals surface area contributed by atoms with Gasteiger partial charge in [0, 0.05) is 21.8 Å². The van der Waals surface area contributed by atoms with Crippen molar-refractivity contribution in [2.75, 3.05) is 0 Å². The number of halogens is 3. The van der Waals surface area contributed by atoms with Crippen molar-refractivity contribution in [3.8, 4) is 10.6 Å². The maximum atomic E-state index is 5.96. The zero-order chi connectivity index (χ0) is 26.8. The number of fused-ring (bicyclic) bond motifs is 4. The van der Waals surface area contributed by atoms with Crippen molar-refractivity contribution < 1.29 is 0 Å². The molecule has 0 aliphatic carbocycles. The second kappa shape index (κ2) is 11.4. The SMILES string of the molecule is Brc1cc2ccccc2s1.Clc1ccc2ncc(-c3cc4ccccc4s3)n2n1.Clc1ccc2nccn2n1. The first kappa shape index (κ1) is 25.9. The molecule has 6 aromatic heterocycles. The second-order valence-electron chi connectivity index (χ2n) is 8.19. The van der Waals surface area contributed by atoms with Gasteiger partial charge >= 0.3 is 0 Å². The molecule has 0 amide bonds. The summed E-state index contributed by atoms with van der Waals surface area (Å²) < 4.78 is 7.22. The Bertz CT molecular complexity index is 1980. The molecule has 0 N–H and O–H groups in total. The molecule has 0 aliphatic rings. The van der Waals surface area contributed by atoms with Crippen LogP contribution in [0.1, 0.15) is 0 Å². The first-order valence-corrected chi connectivity index (χ1v) is 14.8. The Morgan fingerprint density at radius 2 is 1.36 bits per heavy atom. The zero-order valence-corrected chi connectivity index (χ0v) is 24.7. The third-order valence-electron chi connectivity index (χ3n) is 5.63. The van der Waals surface area contributed by atoms with Crippen LogP contribution in [0.3, 0.4) is 0 Å². The minimum absolute atomic E-state index is 0.466. The summed E-state index contributed by atoms with van der Waals surface area (Å²) in [4.78, 5) is 9.50. The summed E-state index contributed by atoms with van der Waals surface area (Å²) in [6, 6.07) is 28.1. The summed E-state index contributed by atoms with van der Waals surface area (Å²) in [7, 11) is 0. The average molecular weight is 652 g/mol. The molecule has 0 atom stereocenters. The van der Waals surface area contributed by atoms with Crippen LogP contribution < -0.4 is 0 Å². The number of rotatable bonds is 1. The lowest BCUT2D eigenvalue weighted by molar-refractivity contribution is 0.936. The van der Waals surface area contributed by atoms with Gasteiger partial charge in [-0.3, -0.25) is 0 Å². The van der Waals surface area contributed by atoms with E-state index in [9.17, 15) is 0 Å². The van der Waals surface area contributed by atoms with Crippen molar-refractivity contribution in [3.63, 3.8) is 0 Å². The predicted molar refractivity (Wildman–Crippen MR) is 166 cm³/mol. The Hall–Kier alpha value is -3.34. The largest absolute Gasteiger partial charge is 0.236 e. The molecule has 8 aromatic rings. The normalized spacial score (nSPS) is 10.9. The first-order chi connectivity index (χ1) is 19.0. The topological polar surface area (TPSA) is 60.4 Å². The maximum Gasteiger partial charge on any atom is 0.154 e. The van der Waals surface area contributed by atoms with Gasteiger partial charge in [0.1, 0.15) is 16.0 Å². The molecule has 0 saturated carbocycles. The molecule has 0 unspecified atom stereocenters. The van der Waals surface area contributed by atoms with Crippen molar-refractivity contribution >= 4 is 93.3 Å². The molecule has 2 aromatic carbocycles. The Morgan fingerprint density at radius 3 is 2.10 bits per heavy atom. The number of thiophene rings is 2. The number of aromatic nitrogens is 6. The lowest BCUT2D eigenvalue weighted by Gasteiger charge is -1.97. The van der Waals surface area contributed by atoms with E-state index in [1.54, 1.807) is 56.2 Å².